The number of hydrogen-bond acceptors (Lipinski definition) is 18. The van der Waals surface area contributed by atoms with E-state index in [0.717, 1.165) is 0 Å². The van der Waals surface area contributed by atoms with Gasteiger partial charge in [-0.05, 0) is 20.8 Å². The minimum atomic E-state index is -1.97. The highest BCUT2D eigenvalue weighted by Gasteiger charge is 2.53. The Labute approximate surface area is 240 Å². The highest BCUT2D eigenvalue weighted by atomic mass is 16.8. The fourth-order valence-corrected chi connectivity index (χ4v) is 4.83. The smallest absolute Gasteiger partial charge is 0.187 e. The second-order valence-corrected chi connectivity index (χ2v) is 10.9. The van der Waals surface area contributed by atoms with Crippen molar-refractivity contribution in [2.75, 3.05) is 13.2 Å². The second kappa shape index (κ2) is 15.0. The zero-order chi connectivity index (χ0) is 31.6. The van der Waals surface area contributed by atoms with Gasteiger partial charge in [0, 0.05) is 0 Å². The fraction of sp³-hybridized carbons (Fsp3) is 1.00. The van der Waals surface area contributed by atoms with E-state index in [1.807, 2.05) is 0 Å². The van der Waals surface area contributed by atoms with Gasteiger partial charge >= 0.3 is 0 Å². The molecule has 248 valence electrons. The van der Waals surface area contributed by atoms with Crippen molar-refractivity contribution < 1.29 is 89.7 Å². The number of hydrogen-bond donors (Lipinski definition) is 12. The maximum Gasteiger partial charge on any atom is 0.187 e. The lowest BCUT2D eigenvalue weighted by Gasteiger charge is -2.48. The average molecular weight is 621 g/mol. The van der Waals surface area contributed by atoms with E-state index in [1.165, 1.54) is 20.8 Å². The summed E-state index contributed by atoms with van der Waals surface area (Å²) >= 11 is 0. The van der Waals surface area contributed by atoms with Gasteiger partial charge in [-0.3, -0.25) is 0 Å². The third-order valence-electron chi connectivity index (χ3n) is 7.72. The molecule has 0 unspecified atom stereocenters. The molecule has 0 saturated carbocycles. The average Bonchev–Trinajstić information content (AvgIpc) is 2.97. The van der Waals surface area contributed by atoms with Crippen LogP contribution in [0.4, 0.5) is 0 Å². The molecule has 18 heteroatoms. The molecular formula is C24H44O18. The summed E-state index contributed by atoms with van der Waals surface area (Å²) < 4.78 is 33.6. The molecule has 3 heterocycles. The molecule has 0 aromatic carbocycles. The van der Waals surface area contributed by atoms with Crippen LogP contribution in [-0.2, 0) is 28.4 Å². The first-order chi connectivity index (χ1) is 19.6. The Morgan fingerprint density at radius 2 is 0.929 bits per heavy atom. The molecule has 0 aromatic rings. The van der Waals surface area contributed by atoms with Gasteiger partial charge in [0.2, 0.25) is 0 Å². The molecule has 0 spiro atoms. The van der Waals surface area contributed by atoms with Crippen LogP contribution in [0.2, 0.25) is 0 Å². The molecule has 0 amide bonds. The van der Waals surface area contributed by atoms with Crippen LogP contribution in [0.5, 0.6) is 0 Å². The van der Waals surface area contributed by atoms with Crippen LogP contribution < -0.4 is 0 Å². The van der Waals surface area contributed by atoms with Gasteiger partial charge < -0.3 is 89.7 Å². The van der Waals surface area contributed by atoms with Crippen LogP contribution in [0.3, 0.4) is 0 Å². The number of rotatable bonds is 11. The minimum absolute atomic E-state index is 0.764. The molecule has 0 bridgehead atoms. The topological polar surface area (TPSA) is 298 Å². The van der Waals surface area contributed by atoms with Crippen molar-refractivity contribution >= 4 is 0 Å². The molecule has 19 atom stereocenters. The van der Waals surface area contributed by atoms with E-state index in [2.05, 4.69) is 0 Å². The largest absolute Gasteiger partial charge is 0.394 e. The SMILES string of the molecule is C[C@@H]1O[C@@H](O[C@H]2[C@H](O[C@H]3[C@H](OC[C@H](O)[C@@H](O)[C@H](O)[C@H](O)CO)O[C@@H](C)[C@H](O)[C@H]3O)O[C@@H](C)[C@H](O)[C@H]2O)[C@H](O)[C@H](O)[C@H]1O. The van der Waals surface area contributed by atoms with Gasteiger partial charge in [-0.15, -0.1) is 0 Å². The zero-order valence-corrected chi connectivity index (χ0v) is 23.2. The highest BCUT2D eigenvalue weighted by Crippen LogP contribution is 2.33. The number of ether oxygens (including phenoxy) is 6. The van der Waals surface area contributed by atoms with E-state index in [-0.39, 0.29) is 0 Å². The maximum absolute atomic E-state index is 10.8. The Hall–Kier alpha value is -0.720. The van der Waals surface area contributed by atoms with E-state index < -0.39 is 130 Å². The summed E-state index contributed by atoms with van der Waals surface area (Å²) in [5.41, 5.74) is 0. The molecule has 18 nitrogen and oxygen atoms in total. The second-order valence-electron chi connectivity index (χ2n) is 10.9. The summed E-state index contributed by atoms with van der Waals surface area (Å²) in [5, 5.41) is 122. The van der Waals surface area contributed by atoms with E-state index in [1.54, 1.807) is 0 Å². The van der Waals surface area contributed by atoms with Crippen molar-refractivity contribution in [3.05, 3.63) is 0 Å². The van der Waals surface area contributed by atoms with Crippen LogP contribution in [-0.4, -0.2) is 191 Å². The van der Waals surface area contributed by atoms with Crippen molar-refractivity contribution in [2.45, 2.75) is 137 Å². The first-order valence-electron chi connectivity index (χ1n) is 13.6. The molecule has 3 aliphatic heterocycles. The quantitative estimate of drug-likeness (QED) is 0.102. The van der Waals surface area contributed by atoms with E-state index in [9.17, 15) is 56.2 Å². The van der Waals surface area contributed by atoms with Crippen molar-refractivity contribution in [3.8, 4) is 0 Å². The number of aliphatic hydroxyl groups excluding tert-OH is 12. The Morgan fingerprint density at radius 3 is 1.45 bits per heavy atom. The Kier molecular flexibility index (Phi) is 12.8. The lowest BCUT2D eigenvalue weighted by Crippen LogP contribution is -2.65. The summed E-state index contributed by atoms with van der Waals surface area (Å²) in [6.07, 6.45) is -30.3. The van der Waals surface area contributed by atoms with Crippen LogP contribution in [0.15, 0.2) is 0 Å². The van der Waals surface area contributed by atoms with Gasteiger partial charge in [0.25, 0.3) is 0 Å². The standard InChI is InChI=1S/C24H44O18/c1-6-11(28)16(33)19(36)22(38-6)41-21-18(35)13(30)8(3)40-24(21)42-20-17(34)12(29)7(2)39-23(20)37-5-10(27)15(32)14(31)9(26)4-25/h6-36H,4-5H2,1-3H3/t6-,7-,8-,9+,10-,11-,12-,13-,14+,15+,16+,17+,18+,19+,20+,21+,22-,23+,24-/m0/s1. The van der Waals surface area contributed by atoms with E-state index in [0.29, 0.717) is 0 Å². The van der Waals surface area contributed by atoms with Crippen molar-refractivity contribution in [1.82, 2.24) is 0 Å². The summed E-state index contributed by atoms with van der Waals surface area (Å²) in [6, 6.07) is 0. The molecular weight excluding hydrogens is 576 g/mol. The molecule has 12 N–H and O–H groups in total. The van der Waals surface area contributed by atoms with Gasteiger partial charge in [0.05, 0.1) is 31.5 Å². The Balaban J connectivity index is 1.79. The monoisotopic (exact) mass is 620 g/mol. The third-order valence-corrected chi connectivity index (χ3v) is 7.72. The van der Waals surface area contributed by atoms with Crippen molar-refractivity contribution in [1.29, 1.82) is 0 Å². The molecule has 3 saturated heterocycles. The molecule has 0 radical (unpaired) electrons. The molecule has 3 rings (SSSR count). The first kappa shape index (κ1) is 35.8. The summed E-state index contributed by atoms with van der Waals surface area (Å²) in [4.78, 5) is 0. The summed E-state index contributed by atoms with van der Waals surface area (Å²) in [5.74, 6) is 0. The van der Waals surface area contributed by atoms with Gasteiger partial charge in [-0.2, -0.15) is 0 Å². The van der Waals surface area contributed by atoms with Gasteiger partial charge in [-0.25, -0.2) is 0 Å². The first-order valence-corrected chi connectivity index (χ1v) is 13.6. The van der Waals surface area contributed by atoms with Gasteiger partial charge in [0.1, 0.15) is 79.4 Å². The molecule has 0 aromatic heterocycles. The van der Waals surface area contributed by atoms with E-state index in [4.69, 9.17) is 33.5 Å². The normalized spacial score (nSPS) is 47.9. The van der Waals surface area contributed by atoms with Crippen LogP contribution in [0.1, 0.15) is 20.8 Å². The Bertz CT molecular complexity index is 824. The highest BCUT2D eigenvalue weighted by molar-refractivity contribution is 4.95. The van der Waals surface area contributed by atoms with Crippen LogP contribution in [0, 0.1) is 0 Å². The molecule has 3 fully saturated rings. The lowest BCUT2D eigenvalue weighted by molar-refractivity contribution is -0.389. The van der Waals surface area contributed by atoms with E-state index >= 15 is 0 Å². The van der Waals surface area contributed by atoms with Crippen LogP contribution in [0.25, 0.3) is 0 Å². The maximum atomic E-state index is 10.8. The predicted octanol–water partition coefficient (Wildman–Crippen LogP) is -7.03. The molecule has 0 aliphatic carbocycles. The van der Waals surface area contributed by atoms with Gasteiger partial charge in [-0.1, -0.05) is 0 Å². The minimum Gasteiger partial charge on any atom is -0.394 e. The number of aliphatic hydroxyl groups is 12. The van der Waals surface area contributed by atoms with Gasteiger partial charge in [0.15, 0.2) is 18.9 Å². The third kappa shape index (κ3) is 7.73. The van der Waals surface area contributed by atoms with Crippen molar-refractivity contribution in [3.63, 3.8) is 0 Å². The van der Waals surface area contributed by atoms with Crippen molar-refractivity contribution in [2.24, 2.45) is 0 Å². The fourth-order valence-electron chi connectivity index (χ4n) is 4.83. The molecule has 3 aliphatic rings. The zero-order valence-electron chi connectivity index (χ0n) is 23.2. The molecule has 42 heavy (non-hydrogen) atoms. The summed E-state index contributed by atoms with van der Waals surface area (Å²) in [7, 11) is 0. The lowest BCUT2D eigenvalue weighted by atomic mass is 9.97. The summed E-state index contributed by atoms with van der Waals surface area (Å²) in [6.45, 7) is 2.50. The van der Waals surface area contributed by atoms with Crippen LogP contribution >= 0.6 is 0 Å². The predicted molar refractivity (Wildman–Crippen MR) is 132 cm³/mol. The Morgan fingerprint density at radius 1 is 0.524 bits per heavy atom.